The van der Waals surface area contributed by atoms with Crippen LogP contribution in [0.3, 0.4) is 0 Å². The maximum Gasteiger partial charge on any atom is 0.409 e. The second kappa shape index (κ2) is 6.57. The molecule has 6 heteroatoms. The Balaban J connectivity index is 1.99. The number of nitrogens with zero attached hydrogens (tertiary/aromatic N) is 1. The molecule has 1 atom stereocenters. The number of pyridine rings is 1. The van der Waals surface area contributed by atoms with Crippen LogP contribution in [-0.4, -0.2) is 16.2 Å². The fraction of sp³-hybridized carbons (Fsp3) is 0.333. The minimum absolute atomic E-state index is 0.0877. The largest absolute Gasteiger partial charge is 0.465 e. The number of carboxylic acid groups (broad SMARTS) is 1. The molecule has 1 aliphatic carbocycles. The van der Waals surface area contributed by atoms with Gasteiger partial charge >= 0.3 is 6.09 Å². The Hall–Kier alpha value is -2.47. The van der Waals surface area contributed by atoms with Crippen molar-refractivity contribution in [2.45, 2.75) is 31.2 Å². The number of halogens is 1. The minimum atomic E-state index is -1.31. The van der Waals surface area contributed by atoms with Gasteiger partial charge in [-0.05, 0) is 54.2 Å². The highest BCUT2D eigenvalue weighted by Crippen LogP contribution is 2.40. The lowest BCUT2D eigenvalue weighted by Gasteiger charge is -2.31. The molecular formula is C18H20FN3O2. The van der Waals surface area contributed by atoms with Gasteiger partial charge in [0.05, 0.1) is 11.2 Å². The van der Waals surface area contributed by atoms with E-state index in [2.05, 4.69) is 10.3 Å². The van der Waals surface area contributed by atoms with Gasteiger partial charge in [0, 0.05) is 12.4 Å². The SMILES string of the molecule is NC(CCC1CC1)(c1ccncc1)c1ccc(F)c(NC(=O)O)c1. The Bertz CT molecular complexity index is 734. The predicted octanol–water partition coefficient (Wildman–Crippen LogP) is 3.70. The number of anilines is 1. The Morgan fingerprint density at radius 2 is 2.00 bits per heavy atom. The van der Waals surface area contributed by atoms with Crippen molar-refractivity contribution in [3.05, 3.63) is 59.7 Å². The van der Waals surface area contributed by atoms with E-state index in [4.69, 9.17) is 10.8 Å². The van der Waals surface area contributed by atoms with Crippen molar-refractivity contribution in [3.63, 3.8) is 0 Å². The molecule has 0 bridgehead atoms. The maximum atomic E-state index is 13.9. The standard InChI is InChI=1S/C18H20FN3O2/c19-15-4-3-14(11-16(15)22-17(23)24)18(20,8-5-12-1-2-12)13-6-9-21-10-7-13/h3-4,6-7,9-12,22H,1-2,5,8,20H2,(H,23,24). The summed E-state index contributed by atoms with van der Waals surface area (Å²) in [6.07, 6.45) is 6.18. The molecule has 2 aromatic rings. The van der Waals surface area contributed by atoms with Crippen molar-refractivity contribution in [2.75, 3.05) is 5.32 Å². The van der Waals surface area contributed by atoms with Gasteiger partial charge in [-0.3, -0.25) is 10.3 Å². The summed E-state index contributed by atoms with van der Waals surface area (Å²) in [7, 11) is 0. The van der Waals surface area contributed by atoms with Gasteiger partial charge in [0.25, 0.3) is 0 Å². The third-order valence-electron chi connectivity index (χ3n) is 4.56. The molecule has 0 radical (unpaired) electrons. The molecule has 0 aliphatic heterocycles. The van der Waals surface area contributed by atoms with Crippen LogP contribution in [0, 0.1) is 11.7 Å². The summed E-state index contributed by atoms with van der Waals surface area (Å²) in [5.74, 6) is 0.0762. The first kappa shape index (κ1) is 16.4. The lowest BCUT2D eigenvalue weighted by Crippen LogP contribution is -2.38. The molecule has 24 heavy (non-hydrogen) atoms. The number of nitrogens with one attached hydrogen (secondary N) is 1. The molecule has 5 nitrogen and oxygen atoms in total. The molecule has 1 amide bonds. The third-order valence-corrected chi connectivity index (χ3v) is 4.56. The summed E-state index contributed by atoms with van der Waals surface area (Å²) < 4.78 is 13.9. The quantitative estimate of drug-likeness (QED) is 0.754. The molecule has 1 unspecified atom stereocenters. The van der Waals surface area contributed by atoms with Gasteiger partial charge in [-0.1, -0.05) is 18.9 Å². The summed E-state index contributed by atoms with van der Waals surface area (Å²) in [5.41, 5.74) is 7.40. The van der Waals surface area contributed by atoms with Crippen LogP contribution < -0.4 is 11.1 Å². The highest BCUT2D eigenvalue weighted by molar-refractivity contribution is 5.83. The van der Waals surface area contributed by atoms with Gasteiger partial charge in [0.1, 0.15) is 5.82 Å². The summed E-state index contributed by atoms with van der Waals surface area (Å²) in [5, 5.41) is 11.0. The lowest BCUT2D eigenvalue weighted by atomic mass is 9.79. The topological polar surface area (TPSA) is 88.2 Å². The summed E-state index contributed by atoms with van der Waals surface area (Å²) in [6.45, 7) is 0. The van der Waals surface area contributed by atoms with Crippen molar-refractivity contribution in [1.29, 1.82) is 0 Å². The molecule has 0 spiro atoms. The summed E-state index contributed by atoms with van der Waals surface area (Å²) >= 11 is 0. The highest BCUT2D eigenvalue weighted by Gasteiger charge is 2.33. The number of amides is 1. The van der Waals surface area contributed by atoms with Crippen LogP contribution in [0.4, 0.5) is 14.9 Å². The lowest BCUT2D eigenvalue weighted by molar-refractivity contribution is 0.209. The van der Waals surface area contributed by atoms with Crippen LogP contribution >= 0.6 is 0 Å². The average molecular weight is 329 g/mol. The van der Waals surface area contributed by atoms with Gasteiger partial charge in [0.15, 0.2) is 0 Å². The van der Waals surface area contributed by atoms with E-state index in [1.165, 1.54) is 25.0 Å². The zero-order valence-corrected chi connectivity index (χ0v) is 13.2. The maximum absolute atomic E-state index is 13.9. The fourth-order valence-corrected chi connectivity index (χ4v) is 2.96. The van der Waals surface area contributed by atoms with E-state index in [9.17, 15) is 9.18 Å². The second-order valence-electron chi connectivity index (χ2n) is 6.31. The van der Waals surface area contributed by atoms with Gasteiger partial charge in [0.2, 0.25) is 0 Å². The van der Waals surface area contributed by atoms with E-state index in [0.29, 0.717) is 17.9 Å². The van der Waals surface area contributed by atoms with E-state index in [1.807, 2.05) is 12.1 Å². The Kier molecular flexibility index (Phi) is 4.49. The number of hydrogen-bond donors (Lipinski definition) is 3. The number of aromatic nitrogens is 1. The van der Waals surface area contributed by atoms with Crippen LogP contribution in [0.2, 0.25) is 0 Å². The number of hydrogen-bond acceptors (Lipinski definition) is 3. The molecule has 1 aliphatic rings. The van der Waals surface area contributed by atoms with Crippen LogP contribution in [-0.2, 0) is 5.54 Å². The van der Waals surface area contributed by atoms with E-state index >= 15 is 0 Å². The summed E-state index contributed by atoms with van der Waals surface area (Å²) in [4.78, 5) is 14.9. The van der Waals surface area contributed by atoms with E-state index < -0.39 is 17.4 Å². The Morgan fingerprint density at radius 1 is 1.29 bits per heavy atom. The number of carbonyl (C=O) groups is 1. The van der Waals surface area contributed by atoms with Gasteiger partial charge in [-0.2, -0.15) is 0 Å². The van der Waals surface area contributed by atoms with Crippen LogP contribution in [0.15, 0.2) is 42.7 Å². The van der Waals surface area contributed by atoms with Crippen molar-refractivity contribution in [2.24, 2.45) is 11.7 Å². The number of nitrogens with two attached hydrogens (primary N) is 1. The van der Waals surface area contributed by atoms with Crippen molar-refractivity contribution in [1.82, 2.24) is 4.98 Å². The van der Waals surface area contributed by atoms with Crippen molar-refractivity contribution >= 4 is 11.8 Å². The first-order valence-electron chi connectivity index (χ1n) is 7.98. The number of rotatable bonds is 6. The minimum Gasteiger partial charge on any atom is -0.465 e. The van der Waals surface area contributed by atoms with Gasteiger partial charge < -0.3 is 10.8 Å². The Morgan fingerprint density at radius 3 is 2.62 bits per heavy atom. The van der Waals surface area contributed by atoms with Crippen LogP contribution in [0.5, 0.6) is 0 Å². The predicted molar refractivity (Wildman–Crippen MR) is 89.2 cm³/mol. The molecule has 1 fully saturated rings. The molecule has 1 aromatic carbocycles. The molecular weight excluding hydrogens is 309 g/mol. The second-order valence-corrected chi connectivity index (χ2v) is 6.31. The molecule has 3 rings (SSSR count). The first-order chi connectivity index (χ1) is 11.5. The fourth-order valence-electron chi connectivity index (χ4n) is 2.96. The molecule has 1 saturated carbocycles. The number of benzene rings is 1. The normalized spacial score (nSPS) is 16.4. The third kappa shape index (κ3) is 3.54. The molecule has 126 valence electrons. The van der Waals surface area contributed by atoms with E-state index in [0.717, 1.165) is 12.0 Å². The monoisotopic (exact) mass is 329 g/mol. The zero-order valence-electron chi connectivity index (χ0n) is 13.2. The first-order valence-corrected chi connectivity index (χ1v) is 7.98. The van der Waals surface area contributed by atoms with Gasteiger partial charge in [-0.15, -0.1) is 0 Å². The molecule has 0 saturated heterocycles. The summed E-state index contributed by atoms with van der Waals surface area (Å²) in [6, 6.07) is 8.05. The Labute approximate surface area is 139 Å². The zero-order chi connectivity index (χ0) is 17.2. The smallest absolute Gasteiger partial charge is 0.409 e. The molecule has 4 N–H and O–H groups in total. The van der Waals surface area contributed by atoms with Crippen LogP contribution in [0.1, 0.15) is 36.8 Å². The van der Waals surface area contributed by atoms with Crippen molar-refractivity contribution < 1.29 is 14.3 Å². The van der Waals surface area contributed by atoms with E-state index in [-0.39, 0.29) is 5.69 Å². The molecule has 1 heterocycles. The molecule has 1 aromatic heterocycles. The van der Waals surface area contributed by atoms with E-state index in [1.54, 1.807) is 18.5 Å². The highest BCUT2D eigenvalue weighted by atomic mass is 19.1. The van der Waals surface area contributed by atoms with Crippen LogP contribution in [0.25, 0.3) is 0 Å². The van der Waals surface area contributed by atoms with Gasteiger partial charge in [-0.25, -0.2) is 9.18 Å². The average Bonchev–Trinajstić information content (AvgIpc) is 3.39. The van der Waals surface area contributed by atoms with Crippen molar-refractivity contribution in [3.8, 4) is 0 Å².